The molecule has 1 N–H and O–H groups in total. The Morgan fingerprint density at radius 1 is 1.04 bits per heavy atom. The van der Waals surface area contributed by atoms with Crippen molar-refractivity contribution in [3.05, 3.63) is 46.5 Å². The summed E-state index contributed by atoms with van der Waals surface area (Å²) in [6, 6.07) is 5.34. The number of aromatic hydroxyl groups is 1. The molecule has 0 spiro atoms. The summed E-state index contributed by atoms with van der Waals surface area (Å²) in [6.45, 7) is 8.62. The zero-order chi connectivity index (χ0) is 17.0. The Bertz CT molecular complexity index is 783. The Hall–Kier alpha value is -1.61. The molecular weight excluding hydrogens is 313 g/mol. The third-order valence-corrected chi connectivity index (χ3v) is 5.36. The SMILES string of the molecule is CC1(C)CCC(C)(C)c2c1ccc(-c1ccnc(Cl)c1F)c2O. The van der Waals surface area contributed by atoms with E-state index in [1.165, 1.54) is 6.20 Å². The van der Waals surface area contributed by atoms with E-state index in [4.69, 9.17) is 11.6 Å². The van der Waals surface area contributed by atoms with Gasteiger partial charge in [0.05, 0.1) is 0 Å². The Morgan fingerprint density at radius 2 is 1.70 bits per heavy atom. The Morgan fingerprint density at radius 3 is 2.39 bits per heavy atom. The highest BCUT2D eigenvalue weighted by Gasteiger charge is 2.39. The van der Waals surface area contributed by atoms with E-state index in [1.807, 2.05) is 6.07 Å². The van der Waals surface area contributed by atoms with Crippen molar-refractivity contribution in [2.45, 2.75) is 51.4 Å². The topological polar surface area (TPSA) is 33.1 Å². The molecule has 1 heterocycles. The van der Waals surface area contributed by atoms with Crippen LogP contribution in [0.15, 0.2) is 24.4 Å². The fourth-order valence-electron chi connectivity index (χ4n) is 3.57. The second-order valence-corrected chi connectivity index (χ2v) is 7.97. The molecule has 0 saturated carbocycles. The summed E-state index contributed by atoms with van der Waals surface area (Å²) in [4.78, 5) is 3.74. The quantitative estimate of drug-likeness (QED) is 0.689. The lowest BCUT2D eigenvalue weighted by Crippen LogP contribution is -2.33. The molecule has 0 saturated heterocycles. The third kappa shape index (κ3) is 2.51. The number of phenolic OH excluding ortho intramolecular Hbond substituents is 1. The van der Waals surface area contributed by atoms with Gasteiger partial charge in [0.2, 0.25) is 0 Å². The first-order valence-electron chi connectivity index (χ1n) is 7.82. The maximum Gasteiger partial charge on any atom is 0.168 e. The van der Waals surface area contributed by atoms with Gasteiger partial charge in [-0.2, -0.15) is 0 Å². The zero-order valence-electron chi connectivity index (χ0n) is 13.9. The molecule has 1 aliphatic rings. The number of pyridine rings is 1. The predicted molar refractivity (Wildman–Crippen MR) is 91.6 cm³/mol. The van der Waals surface area contributed by atoms with E-state index in [2.05, 4.69) is 32.7 Å². The number of hydrogen-bond donors (Lipinski definition) is 1. The summed E-state index contributed by atoms with van der Waals surface area (Å²) >= 11 is 5.79. The molecule has 23 heavy (non-hydrogen) atoms. The molecule has 0 aliphatic heterocycles. The van der Waals surface area contributed by atoms with Crippen LogP contribution >= 0.6 is 11.6 Å². The molecule has 0 radical (unpaired) electrons. The largest absolute Gasteiger partial charge is 0.507 e. The van der Waals surface area contributed by atoms with E-state index in [0.717, 1.165) is 24.0 Å². The lowest BCUT2D eigenvalue weighted by Gasteiger charge is -2.42. The lowest BCUT2D eigenvalue weighted by atomic mass is 9.62. The second-order valence-electron chi connectivity index (χ2n) is 7.62. The van der Waals surface area contributed by atoms with E-state index >= 15 is 0 Å². The summed E-state index contributed by atoms with van der Waals surface area (Å²) in [5.74, 6) is -0.446. The molecule has 0 fully saturated rings. The zero-order valence-corrected chi connectivity index (χ0v) is 14.6. The molecule has 0 amide bonds. The van der Waals surface area contributed by atoms with Crippen molar-refractivity contribution < 1.29 is 9.50 Å². The van der Waals surface area contributed by atoms with Crippen LogP contribution in [0.3, 0.4) is 0 Å². The van der Waals surface area contributed by atoms with Crippen molar-refractivity contribution in [3.8, 4) is 16.9 Å². The molecule has 2 aromatic rings. The number of benzene rings is 1. The van der Waals surface area contributed by atoms with Crippen molar-refractivity contribution >= 4 is 11.6 Å². The van der Waals surface area contributed by atoms with Crippen molar-refractivity contribution in [2.24, 2.45) is 0 Å². The van der Waals surface area contributed by atoms with Crippen LogP contribution in [0.4, 0.5) is 4.39 Å². The summed E-state index contributed by atoms with van der Waals surface area (Å²) in [7, 11) is 0. The van der Waals surface area contributed by atoms with Gasteiger partial charge in [0.25, 0.3) is 0 Å². The number of hydrogen-bond acceptors (Lipinski definition) is 2. The number of phenols is 1. The number of rotatable bonds is 1. The highest BCUT2D eigenvalue weighted by Crippen LogP contribution is 2.51. The molecule has 1 aromatic heterocycles. The van der Waals surface area contributed by atoms with Crippen LogP contribution < -0.4 is 0 Å². The van der Waals surface area contributed by atoms with Crippen molar-refractivity contribution in [3.63, 3.8) is 0 Å². The van der Waals surface area contributed by atoms with E-state index in [-0.39, 0.29) is 27.3 Å². The monoisotopic (exact) mass is 333 g/mol. The fraction of sp³-hybridized carbons (Fsp3) is 0.421. The number of halogens is 2. The molecule has 3 rings (SSSR count). The highest BCUT2D eigenvalue weighted by atomic mass is 35.5. The average Bonchev–Trinajstić information content (AvgIpc) is 2.47. The maximum atomic E-state index is 14.3. The van der Waals surface area contributed by atoms with Gasteiger partial charge in [0.1, 0.15) is 5.75 Å². The van der Waals surface area contributed by atoms with Gasteiger partial charge in [0, 0.05) is 22.9 Å². The first-order chi connectivity index (χ1) is 10.6. The van der Waals surface area contributed by atoms with Gasteiger partial charge >= 0.3 is 0 Å². The number of aromatic nitrogens is 1. The molecule has 1 aliphatic carbocycles. The summed E-state index contributed by atoms with van der Waals surface area (Å²) in [6.07, 6.45) is 3.49. The molecule has 0 atom stereocenters. The summed E-state index contributed by atoms with van der Waals surface area (Å²) < 4.78 is 14.3. The second kappa shape index (κ2) is 5.20. The van der Waals surface area contributed by atoms with Crippen LogP contribution in [-0.4, -0.2) is 10.1 Å². The van der Waals surface area contributed by atoms with Crippen LogP contribution in [0.5, 0.6) is 5.75 Å². The Labute approximate surface area is 141 Å². The maximum absolute atomic E-state index is 14.3. The molecule has 1 aromatic carbocycles. The van der Waals surface area contributed by atoms with Crippen molar-refractivity contribution in [1.29, 1.82) is 0 Å². The molecule has 122 valence electrons. The normalized spacial score (nSPS) is 18.5. The standard InChI is InChI=1S/C19H21ClFNO/c1-18(2)8-9-19(3,4)14-13(18)6-5-12(16(14)23)11-7-10-22-17(20)15(11)21/h5-7,10,23H,8-9H2,1-4H3. The van der Waals surface area contributed by atoms with Crippen LogP contribution in [-0.2, 0) is 10.8 Å². The summed E-state index contributed by atoms with van der Waals surface area (Å²) in [5.41, 5.74) is 2.64. The fourth-order valence-corrected chi connectivity index (χ4v) is 3.73. The van der Waals surface area contributed by atoms with Gasteiger partial charge in [-0.25, -0.2) is 9.37 Å². The summed E-state index contributed by atoms with van der Waals surface area (Å²) in [5, 5.41) is 10.8. The van der Waals surface area contributed by atoms with Crippen LogP contribution in [0.1, 0.15) is 51.7 Å². The Balaban J connectivity index is 2.30. The van der Waals surface area contributed by atoms with E-state index in [9.17, 15) is 9.50 Å². The lowest BCUT2D eigenvalue weighted by molar-refractivity contribution is 0.318. The molecule has 0 bridgehead atoms. The van der Waals surface area contributed by atoms with Crippen molar-refractivity contribution in [1.82, 2.24) is 4.98 Å². The first-order valence-corrected chi connectivity index (χ1v) is 8.20. The minimum absolute atomic E-state index is 0.00467. The Kier molecular flexibility index (Phi) is 3.68. The predicted octanol–water partition coefficient (Wildman–Crippen LogP) is 5.60. The minimum Gasteiger partial charge on any atom is -0.507 e. The molecular formula is C19H21ClFNO. The highest BCUT2D eigenvalue weighted by molar-refractivity contribution is 6.29. The van der Waals surface area contributed by atoms with Gasteiger partial charge in [0.15, 0.2) is 11.0 Å². The van der Waals surface area contributed by atoms with Crippen LogP contribution in [0.2, 0.25) is 5.15 Å². The van der Waals surface area contributed by atoms with Crippen LogP contribution in [0.25, 0.3) is 11.1 Å². The molecule has 2 nitrogen and oxygen atoms in total. The van der Waals surface area contributed by atoms with Gasteiger partial charge in [-0.05, 0) is 35.3 Å². The average molecular weight is 334 g/mol. The smallest absolute Gasteiger partial charge is 0.168 e. The van der Waals surface area contributed by atoms with E-state index in [1.54, 1.807) is 12.1 Å². The van der Waals surface area contributed by atoms with Gasteiger partial charge in [-0.15, -0.1) is 0 Å². The van der Waals surface area contributed by atoms with Gasteiger partial charge in [-0.3, -0.25) is 0 Å². The van der Waals surface area contributed by atoms with E-state index < -0.39 is 5.82 Å². The van der Waals surface area contributed by atoms with Gasteiger partial charge < -0.3 is 5.11 Å². The van der Waals surface area contributed by atoms with Crippen LogP contribution in [0, 0.1) is 5.82 Å². The first kappa shape index (κ1) is 16.3. The molecule has 4 heteroatoms. The number of nitrogens with zero attached hydrogens (tertiary/aromatic N) is 1. The van der Waals surface area contributed by atoms with E-state index in [0.29, 0.717) is 5.56 Å². The van der Waals surface area contributed by atoms with Gasteiger partial charge in [-0.1, -0.05) is 51.4 Å². The number of fused-ring (bicyclic) bond motifs is 1. The third-order valence-electron chi connectivity index (χ3n) is 5.10. The van der Waals surface area contributed by atoms with Crippen molar-refractivity contribution in [2.75, 3.05) is 0 Å². The molecule has 0 unspecified atom stereocenters. The minimum atomic E-state index is -0.600.